The number of nitrogens with zero attached hydrogens (tertiary/aromatic N) is 2. The van der Waals surface area contributed by atoms with Crippen LogP contribution in [0.15, 0.2) is 18.3 Å². The molecular weight excluding hydrogens is 240 g/mol. The first-order valence-corrected chi connectivity index (χ1v) is 6.13. The van der Waals surface area contributed by atoms with Crippen molar-refractivity contribution in [2.75, 3.05) is 13.1 Å². The number of hydrogen-bond donors (Lipinski definition) is 0. The van der Waals surface area contributed by atoms with Gasteiger partial charge in [0.2, 0.25) is 11.8 Å². The number of amides is 1. The number of pyridine rings is 1. The van der Waals surface area contributed by atoms with Crippen LogP contribution in [0.2, 0.25) is 5.02 Å². The highest BCUT2D eigenvalue weighted by Gasteiger charge is 2.31. The first kappa shape index (κ1) is 12.2. The largest absolute Gasteiger partial charge is 0.471 e. The molecule has 1 aromatic rings. The zero-order chi connectivity index (χ0) is 12.3. The third kappa shape index (κ3) is 3.09. The maximum atomic E-state index is 11.5. The van der Waals surface area contributed by atoms with Crippen LogP contribution in [-0.2, 0) is 4.79 Å². The number of aromatic nitrogens is 1. The lowest BCUT2D eigenvalue weighted by Gasteiger charge is -2.38. The monoisotopic (exact) mass is 254 g/mol. The molecule has 0 aromatic carbocycles. The summed E-state index contributed by atoms with van der Waals surface area (Å²) in [6, 6.07) is 3.47. The molecule has 2 heterocycles. The van der Waals surface area contributed by atoms with Gasteiger partial charge in [-0.3, -0.25) is 4.79 Å². The average molecular weight is 255 g/mol. The van der Waals surface area contributed by atoms with Crippen LogP contribution in [0, 0.1) is 0 Å². The first-order valence-electron chi connectivity index (χ1n) is 5.75. The van der Waals surface area contributed by atoms with Gasteiger partial charge in [-0.05, 0) is 12.5 Å². The Bertz CT molecular complexity index is 388. The Kier molecular flexibility index (Phi) is 3.84. The minimum Gasteiger partial charge on any atom is -0.471 e. The predicted molar refractivity (Wildman–Crippen MR) is 65.2 cm³/mol. The smallest absolute Gasteiger partial charge is 0.222 e. The van der Waals surface area contributed by atoms with Gasteiger partial charge >= 0.3 is 0 Å². The highest BCUT2D eigenvalue weighted by atomic mass is 35.5. The summed E-state index contributed by atoms with van der Waals surface area (Å²) >= 11 is 5.72. The number of rotatable bonds is 4. The average Bonchev–Trinajstić information content (AvgIpc) is 2.25. The fraction of sp³-hybridized carbons (Fsp3) is 0.500. The molecule has 1 amide bonds. The molecule has 0 atom stereocenters. The Morgan fingerprint density at radius 3 is 2.94 bits per heavy atom. The lowest BCUT2D eigenvalue weighted by molar-refractivity contribution is -0.140. The highest BCUT2D eigenvalue weighted by Crippen LogP contribution is 2.18. The first-order chi connectivity index (χ1) is 8.19. The van der Waals surface area contributed by atoms with Crippen molar-refractivity contribution in [2.24, 2.45) is 0 Å². The van der Waals surface area contributed by atoms with E-state index < -0.39 is 0 Å². The molecule has 1 fully saturated rings. The van der Waals surface area contributed by atoms with Crippen LogP contribution >= 0.6 is 11.6 Å². The van der Waals surface area contributed by atoms with Crippen molar-refractivity contribution in [3.8, 4) is 5.88 Å². The third-order valence-electron chi connectivity index (χ3n) is 2.65. The molecule has 0 saturated carbocycles. The van der Waals surface area contributed by atoms with E-state index in [1.165, 1.54) is 0 Å². The van der Waals surface area contributed by atoms with Crippen LogP contribution < -0.4 is 4.74 Å². The lowest BCUT2D eigenvalue weighted by Crippen LogP contribution is -2.56. The summed E-state index contributed by atoms with van der Waals surface area (Å²) in [5.41, 5.74) is 0. The van der Waals surface area contributed by atoms with Gasteiger partial charge in [-0.15, -0.1) is 0 Å². The van der Waals surface area contributed by atoms with Crippen LogP contribution in [0.3, 0.4) is 0 Å². The van der Waals surface area contributed by atoms with Crippen molar-refractivity contribution in [1.82, 2.24) is 9.88 Å². The van der Waals surface area contributed by atoms with Gasteiger partial charge in [0.1, 0.15) is 6.10 Å². The second-order valence-corrected chi connectivity index (χ2v) is 4.54. The van der Waals surface area contributed by atoms with Crippen LogP contribution in [-0.4, -0.2) is 35.0 Å². The molecule has 17 heavy (non-hydrogen) atoms. The van der Waals surface area contributed by atoms with Crippen LogP contribution in [0.5, 0.6) is 5.88 Å². The number of halogens is 1. The zero-order valence-corrected chi connectivity index (χ0v) is 10.5. The number of likely N-dealkylation sites (tertiary alicyclic amines) is 1. The normalized spacial score (nSPS) is 15.5. The summed E-state index contributed by atoms with van der Waals surface area (Å²) in [5, 5.41) is 0.589. The zero-order valence-electron chi connectivity index (χ0n) is 9.73. The van der Waals surface area contributed by atoms with E-state index in [0.29, 0.717) is 30.4 Å². The van der Waals surface area contributed by atoms with Gasteiger partial charge in [0, 0.05) is 18.7 Å². The van der Waals surface area contributed by atoms with E-state index >= 15 is 0 Å². The SMILES string of the molecule is CCCC(=O)N1CC(Oc2ccc(Cl)cn2)C1. The molecule has 0 radical (unpaired) electrons. The van der Waals surface area contributed by atoms with Gasteiger partial charge in [0.15, 0.2) is 0 Å². The molecule has 1 aliphatic heterocycles. The molecule has 1 aliphatic rings. The second kappa shape index (κ2) is 5.36. The Hall–Kier alpha value is -1.29. The molecule has 0 aliphatic carbocycles. The summed E-state index contributed by atoms with van der Waals surface area (Å²) in [4.78, 5) is 17.4. The summed E-state index contributed by atoms with van der Waals surface area (Å²) in [6.45, 7) is 3.32. The van der Waals surface area contributed by atoms with Crippen molar-refractivity contribution < 1.29 is 9.53 Å². The minimum absolute atomic E-state index is 0.0597. The maximum Gasteiger partial charge on any atom is 0.222 e. The van der Waals surface area contributed by atoms with E-state index in [9.17, 15) is 4.79 Å². The van der Waals surface area contributed by atoms with E-state index in [-0.39, 0.29) is 12.0 Å². The van der Waals surface area contributed by atoms with Crippen LogP contribution in [0.4, 0.5) is 0 Å². The molecule has 0 spiro atoms. The molecule has 4 nitrogen and oxygen atoms in total. The van der Waals surface area contributed by atoms with Crippen molar-refractivity contribution in [3.63, 3.8) is 0 Å². The lowest BCUT2D eigenvalue weighted by atomic mass is 10.1. The molecule has 0 N–H and O–H groups in total. The summed E-state index contributed by atoms with van der Waals surface area (Å²) in [6.07, 6.45) is 3.12. The Balaban J connectivity index is 1.77. The fourth-order valence-electron chi connectivity index (χ4n) is 1.69. The fourth-order valence-corrected chi connectivity index (χ4v) is 1.80. The molecule has 92 valence electrons. The minimum atomic E-state index is 0.0597. The Labute approximate surface area is 106 Å². The van der Waals surface area contributed by atoms with Gasteiger partial charge < -0.3 is 9.64 Å². The summed E-state index contributed by atoms with van der Waals surface area (Å²) in [5.74, 6) is 0.762. The third-order valence-corrected chi connectivity index (χ3v) is 2.88. The van der Waals surface area contributed by atoms with Gasteiger partial charge in [0.25, 0.3) is 0 Å². The van der Waals surface area contributed by atoms with E-state index in [4.69, 9.17) is 16.3 Å². The maximum absolute atomic E-state index is 11.5. The van der Waals surface area contributed by atoms with Gasteiger partial charge in [-0.1, -0.05) is 18.5 Å². The second-order valence-electron chi connectivity index (χ2n) is 4.10. The Morgan fingerprint density at radius 1 is 1.59 bits per heavy atom. The van der Waals surface area contributed by atoms with Crippen molar-refractivity contribution in [1.29, 1.82) is 0 Å². The number of ether oxygens (including phenoxy) is 1. The number of hydrogen-bond acceptors (Lipinski definition) is 3. The molecule has 1 aromatic heterocycles. The molecule has 5 heteroatoms. The summed E-state index contributed by atoms with van der Waals surface area (Å²) < 4.78 is 5.60. The molecule has 2 rings (SSSR count). The standard InChI is InChI=1S/C12H15ClN2O2/c1-2-3-12(16)15-7-10(8-15)17-11-5-4-9(13)6-14-11/h4-6,10H,2-3,7-8H2,1H3. The van der Waals surface area contributed by atoms with Gasteiger partial charge in [0.05, 0.1) is 18.1 Å². The highest BCUT2D eigenvalue weighted by molar-refractivity contribution is 6.30. The van der Waals surface area contributed by atoms with E-state index in [0.717, 1.165) is 6.42 Å². The molecule has 0 bridgehead atoms. The molecule has 1 saturated heterocycles. The van der Waals surface area contributed by atoms with Crippen molar-refractivity contribution in [3.05, 3.63) is 23.4 Å². The van der Waals surface area contributed by atoms with E-state index in [1.54, 1.807) is 18.3 Å². The van der Waals surface area contributed by atoms with E-state index in [2.05, 4.69) is 4.98 Å². The predicted octanol–water partition coefficient (Wildman–Crippen LogP) is 2.12. The van der Waals surface area contributed by atoms with Crippen LogP contribution in [0.25, 0.3) is 0 Å². The number of carbonyl (C=O) groups is 1. The number of carbonyl (C=O) groups excluding carboxylic acids is 1. The quantitative estimate of drug-likeness (QED) is 0.827. The van der Waals surface area contributed by atoms with Crippen LogP contribution in [0.1, 0.15) is 19.8 Å². The van der Waals surface area contributed by atoms with Gasteiger partial charge in [-0.2, -0.15) is 0 Å². The topological polar surface area (TPSA) is 42.4 Å². The van der Waals surface area contributed by atoms with E-state index in [1.807, 2.05) is 11.8 Å². The van der Waals surface area contributed by atoms with Crippen molar-refractivity contribution in [2.45, 2.75) is 25.9 Å². The van der Waals surface area contributed by atoms with Crippen molar-refractivity contribution >= 4 is 17.5 Å². The summed E-state index contributed by atoms with van der Waals surface area (Å²) in [7, 11) is 0. The molecule has 0 unspecified atom stereocenters. The van der Waals surface area contributed by atoms with Gasteiger partial charge in [-0.25, -0.2) is 4.98 Å². The molecular formula is C12H15ClN2O2. The Morgan fingerprint density at radius 2 is 2.35 bits per heavy atom.